The maximum atomic E-state index is 5.09. The van der Waals surface area contributed by atoms with Crippen molar-refractivity contribution in [1.29, 1.82) is 0 Å². The summed E-state index contributed by atoms with van der Waals surface area (Å²) in [6, 6.07) is 36.8. The number of nitrogens with zero attached hydrogens (tertiary/aromatic N) is 3. The van der Waals surface area contributed by atoms with Crippen molar-refractivity contribution in [2.45, 2.75) is 5.92 Å². The van der Waals surface area contributed by atoms with Crippen molar-refractivity contribution in [2.75, 3.05) is 0 Å². The van der Waals surface area contributed by atoms with Crippen LogP contribution >= 0.6 is 0 Å². The fourth-order valence-corrected chi connectivity index (χ4v) is 6.31. The van der Waals surface area contributed by atoms with E-state index in [2.05, 4.69) is 149 Å². The highest BCUT2D eigenvalue weighted by molar-refractivity contribution is 6.21. The van der Waals surface area contributed by atoms with E-state index < -0.39 is 0 Å². The molecule has 3 heterocycles. The van der Waals surface area contributed by atoms with Gasteiger partial charge in [-0.2, -0.15) is 0 Å². The highest BCUT2D eigenvalue weighted by Gasteiger charge is 2.30. The minimum Gasteiger partial charge on any atom is -0.309 e. The number of rotatable bonds is 3. The Hall–Kier alpha value is -4.89. The summed E-state index contributed by atoms with van der Waals surface area (Å²) in [7, 11) is 0. The Balaban J connectivity index is 1.35. The minimum absolute atomic E-state index is 0.230. The van der Waals surface area contributed by atoms with Crippen LogP contribution in [0.4, 0.5) is 0 Å². The molecule has 38 heavy (non-hydrogen) atoms. The molecule has 2 unspecified atom stereocenters. The normalized spacial score (nSPS) is 18.6. The second kappa shape index (κ2) is 8.32. The topological polar surface area (TPSA) is 22.2 Å². The van der Waals surface area contributed by atoms with Gasteiger partial charge < -0.3 is 9.13 Å². The van der Waals surface area contributed by atoms with Gasteiger partial charge in [-0.05, 0) is 42.0 Å². The smallest absolute Gasteiger partial charge is 0.140 e. The molecule has 4 aromatic carbocycles. The van der Waals surface area contributed by atoms with Gasteiger partial charge in [0.25, 0.3) is 0 Å². The molecule has 6 aromatic rings. The van der Waals surface area contributed by atoms with Crippen LogP contribution < -0.4 is 0 Å². The molecule has 0 radical (unpaired) electrons. The van der Waals surface area contributed by atoms with E-state index in [0.717, 1.165) is 5.82 Å². The van der Waals surface area contributed by atoms with Gasteiger partial charge in [0, 0.05) is 51.7 Å². The lowest BCUT2D eigenvalue weighted by Gasteiger charge is -2.30. The van der Waals surface area contributed by atoms with Crippen molar-refractivity contribution < 1.29 is 0 Å². The van der Waals surface area contributed by atoms with Crippen LogP contribution in [-0.2, 0) is 0 Å². The summed E-state index contributed by atoms with van der Waals surface area (Å²) in [6.07, 6.45) is 13.2. The zero-order valence-electron chi connectivity index (χ0n) is 20.8. The SMILES string of the molecule is C1=CC2=C(n3ccc4c5c6ccccc6n(-c6ccccc6)c5ccc43)N=CC(c3ccccc3)C2C=C1. The van der Waals surface area contributed by atoms with Crippen LogP contribution in [0.15, 0.2) is 144 Å². The third kappa shape index (κ3) is 3.05. The predicted octanol–water partition coefficient (Wildman–Crippen LogP) is 8.52. The molecule has 0 fully saturated rings. The number of fused-ring (bicyclic) bond motifs is 6. The quantitative estimate of drug-likeness (QED) is 0.239. The van der Waals surface area contributed by atoms with E-state index in [-0.39, 0.29) is 11.8 Å². The molecule has 3 heteroatoms. The van der Waals surface area contributed by atoms with Crippen LogP contribution in [0.1, 0.15) is 11.5 Å². The van der Waals surface area contributed by atoms with Gasteiger partial charge in [-0.25, -0.2) is 4.99 Å². The Kier molecular flexibility index (Phi) is 4.65. The van der Waals surface area contributed by atoms with Crippen LogP contribution in [0.5, 0.6) is 0 Å². The molecule has 1 aliphatic carbocycles. The molecular formula is C35H25N3. The molecule has 1 aliphatic heterocycles. The van der Waals surface area contributed by atoms with Crippen LogP contribution in [0.25, 0.3) is 44.2 Å². The van der Waals surface area contributed by atoms with E-state index >= 15 is 0 Å². The van der Waals surface area contributed by atoms with Gasteiger partial charge >= 0.3 is 0 Å². The number of hydrogen-bond acceptors (Lipinski definition) is 1. The largest absolute Gasteiger partial charge is 0.309 e. The summed E-state index contributed by atoms with van der Waals surface area (Å²) in [5.74, 6) is 1.49. The standard InChI is InChI=1S/C35H25N3/c1-3-11-24(12-4-1)30-23-36-35(27-16-8-7-15-26(27)30)37-22-21-29-31(37)19-20-33-34(29)28-17-9-10-18-32(28)38(33)25-13-5-2-6-14-25/h1-23,26,30H. The number of benzene rings is 4. The second-order valence-corrected chi connectivity index (χ2v) is 10.0. The fraction of sp³-hybridized carbons (Fsp3) is 0.0571. The van der Waals surface area contributed by atoms with Crippen molar-refractivity contribution in [3.63, 3.8) is 0 Å². The van der Waals surface area contributed by atoms with Gasteiger partial charge in [0.05, 0.1) is 16.6 Å². The Morgan fingerprint density at radius 1 is 0.605 bits per heavy atom. The van der Waals surface area contributed by atoms with Crippen molar-refractivity contribution in [2.24, 2.45) is 10.9 Å². The van der Waals surface area contributed by atoms with Crippen LogP contribution in [0.2, 0.25) is 0 Å². The number of para-hydroxylation sites is 2. The van der Waals surface area contributed by atoms with E-state index in [1.807, 2.05) is 0 Å². The van der Waals surface area contributed by atoms with Crippen molar-refractivity contribution in [3.05, 3.63) is 145 Å². The maximum absolute atomic E-state index is 5.09. The Morgan fingerprint density at radius 3 is 2.21 bits per heavy atom. The first-order valence-electron chi connectivity index (χ1n) is 13.2. The molecule has 8 rings (SSSR count). The molecule has 2 aromatic heterocycles. The molecule has 0 N–H and O–H groups in total. The number of aliphatic imine (C=N–C) groups is 1. The molecule has 3 nitrogen and oxygen atoms in total. The molecule has 2 aliphatic rings. The van der Waals surface area contributed by atoms with E-state index in [0.29, 0.717) is 0 Å². The third-order valence-corrected chi connectivity index (χ3v) is 8.00. The molecule has 0 spiro atoms. The lowest BCUT2D eigenvalue weighted by Crippen LogP contribution is -2.21. The van der Waals surface area contributed by atoms with E-state index in [1.54, 1.807) is 0 Å². The monoisotopic (exact) mass is 487 g/mol. The average molecular weight is 488 g/mol. The van der Waals surface area contributed by atoms with Crippen LogP contribution in [0.3, 0.4) is 0 Å². The lowest BCUT2D eigenvalue weighted by atomic mass is 9.78. The van der Waals surface area contributed by atoms with Gasteiger partial charge in [0.1, 0.15) is 5.82 Å². The lowest BCUT2D eigenvalue weighted by molar-refractivity contribution is 0.703. The predicted molar refractivity (Wildman–Crippen MR) is 159 cm³/mol. The van der Waals surface area contributed by atoms with Gasteiger partial charge in [0.15, 0.2) is 0 Å². The Labute approximate surface area is 221 Å². The summed E-state index contributed by atoms with van der Waals surface area (Å²) in [4.78, 5) is 5.09. The number of hydrogen-bond donors (Lipinski definition) is 0. The molecule has 0 bridgehead atoms. The van der Waals surface area contributed by atoms with Crippen LogP contribution in [0, 0.1) is 5.92 Å². The molecule has 180 valence electrons. The Bertz CT molecular complexity index is 1960. The first kappa shape index (κ1) is 21.2. The zero-order valence-corrected chi connectivity index (χ0v) is 20.8. The first-order valence-corrected chi connectivity index (χ1v) is 13.2. The molecular weight excluding hydrogens is 462 g/mol. The fourth-order valence-electron chi connectivity index (χ4n) is 6.31. The van der Waals surface area contributed by atoms with Crippen molar-refractivity contribution >= 4 is 44.7 Å². The van der Waals surface area contributed by atoms with Gasteiger partial charge in [-0.15, -0.1) is 0 Å². The highest BCUT2D eigenvalue weighted by Crippen LogP contribution is 2.42. The minimum atomic E-state index is 0.230. The summed E-state index contributed by atoms with van der Waals surface area (Å²) >= 11 is 0. The van der Waals surface area contributed by atoms with Crippen molar-refractivity contribution in [1.82, 2.24) is 9.13 Å². The number of allylic oxidation sites excluding steroid dienone is 5. The molecule has 2 atom stereocenters. The van der Waals surface area contributed by atoms with Gasteiger partial charge in [-0.1, -0.05) is 91.0 Å². The molecule has 0 saturated carbocycles. The maximum Gasteiger partial charge on any atom is 0.140 e. The number of aromatic nitrogens is 2. The molecule has 0 amide bonds. The highest BCUT2D eigenvalue weighted by atomic mass is 15.1. The summed E-state index contributed by atoms with van der Waals surface area (Å²) in [5.41, 5.74) is 7.34. The van der Waals surface area contributed by atoms with E-state index in [4.69, 9.17) is 4.99 Å². The summed E-state index contributed by atoms with van der Waals surface area (Å²) in [6.45, 7) is 0. The third-order valence-electron chi connectivity index (χ3n) is 8.00. The van der Waals surface area contributed by atoms with Gasteiger partial charge in [-0.3, -0.25) is 0 Å². The second-order valence-electron chi connectivity index (χ2n) is 10.0. The van der Waals surface area contributed by atoms with Gasteiger partial charge in [0.2, 0.25) is 0 Å². The Morgan fingerprint density at radius 2 is 1.34 bits per heavy atom. The van der Waals surface area contributed by atoms with Crippen LogP contribution in [-0.4, -0.2) is 15.3 Å². The van der Waals surface area contributed by atoms with Crippen molar-refractivity contribution in [3.8, 4) is 5.69 Å². The zero-order chi connectivity index (χ0) is 25.1. The summed E-state index contributed by atoms with van der Waals surface area (Å²) < 4.78 is 4.64. The first-order chi connectivity index (χ1) is 18.9. The van der Waals surface area contributed by atoms with E-state index in [1.165, 1.54) is 49.5 Å². The summed E-state index contributed by atoms with van der Waals surface area (Å²) in [5, 5.41) is 3.79. The van der Waals surface area contributed by atoms with E-state index in [9.17, 15) is 0 Å². The average Bonchev–Trinajstić information content (AvgIpc) is 3.57. The molecule has 0 saturated heterocycles.